The molecule has 0 unspecified atom stereocenters. The van der Waals surface area contributed by atoms with Crippen molar-refractivity contribution in [1.29, 1.82) is 0 Å². The van der Waals surface area contributed by atoms with Crippen LogP contribution in [0.4, 0.5) is 10.1 Å². The molecule has 3 rings (SSSR count). The number of nitrogen functional groups attached to an aromatic ring is 1. The largest absolute Gasteiger partial charge is 0.398 e. The van der Waals surface area contributed by atoms with Crippen LogP contribution in [0.5, 0.6) is 0 Å². The van der Waals surface area contributed by atoms with Crippen LogP contribution in [0.2, 0.25) is 5.02 Å². The van der Waals surface area contributed by atoms with Gasteiger partial charge in [-0.1, -0.05) is 54.1 Å². The molecule has 0 spiro atoms. The van der Waals surface area contributed by atoms with Crippen molar-refractivity contribution in [2.45, 2.75) is 6.42 Å². The van der Waals surface area contributed by atoms with Crippen LogP contribution in [-0.4, -0.2) is 0 Å². The number of hydrogen-bond donors (Lipinski definition) is 1. The van der Waals surface area contributed by atoms with Gasteiger partial charge in [-0.05, 0) is 47.4 Å². The van der Waals surface area contributed by atoms with Gasteiger partial charge >= 0.3 is 0 Å². The van der Waals surface area contributed by atoms with E-state index in [2.05, 4.69) is 12.1 Å². The van der Waals surface area contributed by atoms with Crippen LogP contribution in [-0.2, 0) is 6.42 Å². The van der Waals surface area contributed by atoms with Crippen molar-refractivity contribution < 1.29 is 4.39 Å². The second kappa shape index (κ2) is 6.20. The van der Waals surface area contributed by atoms with E-state index in [1.54, 1.807) is 12.1 Å². The van der Waals surface area contributed by atoms with E-state index >= 15 is 0 Å². The molecule has 3 heteroatoms. The molecule has 0 saturated carbocycles. The van der Waals surface area contributed by atoms with Gasteiger partial charge in [-0.2, -0.15) is 0 Å². The molecule has 0 saturated heterocycles. The number of nitrogens with two attached hydrogens (primary N) is 1. The summed E-state index contributed by atoms with van der Waals surface area (Å²) in [6.07, 6.45) is 0.822. The van der Waals surface area contributed by atoms with Gasteiger partial charge in [-0.15, -0.1) is 0 Å². The molecule has 0 aliphatic carbocycles. The lowest BCUT2D eigenvalue weighted by Gasteiger charge is -2.10. The fraction of sp³-hybridized carbons (Fsp3) is 0.0526. The molecule has 0 aliphatic heterocycles. The highest BCUT2D eigenvalue weighted by Gasteiger charge is 2.08. The van der Waals surface area contributed by atoms with E-state index in [9.17, 15) is 4.39 Å². The summed E-state index contributed by atoms with van der Waals surface area (Å²) in [5, 5.41) is 0.102. The molecule has 110 valence electrons. The van der Waals surface area contributed by atoms with Crippen LogP contribution in [0.3, 0.4) is 0 Å². The molecule has 0 bridgehead atoms. The van der Waals surface area contributed by atoms with Crippen LogP contribution in [0, 0.1) is 5.82 Å². The Morgan fingerprint density at radius 1 is 0.864 bits per heavy atom. The predicted molar refractivity (Wildman–Crippen MR) is 90.5 cm³/mol. The minimum Gasteiger partial charge on any atom is -0.398 e. The number of anilines is 1. The van der Waals surface area contributed by atoms with Gasteiger partial charge < -0.3 is 5.73 Å². The van der Waals surface area contributed by atoms with Crippen LogP contribution in [0.15, 0.2) is 66.7 Å². The van der Waals surface area contributed by atoms with E-state index in [1.807, 2.05) is 36.4 Å². The summed E-state index contributed by atoms with van der Waals surface area (Å²) in [4.78, 5) is 0. The highest BCUT2D eigenvalue weighted by Crippen LogP contribution is 2.30. The number of rotatable bonds is 3. The van der Waals surface area contributed by atoms with Crippen molar-refractivity contribution in [2.75, 3.05) is 5.73 Å². The Balaban J connectivity index is 1.97. The van der Waals surface area contributed by atoms with Gasteiger partial charge in [0.05, 0.1) is 5.02 Å². The van der Waals surface area contributed by atoms with Crippen molar-refractivity contribution in [2.24, 2.45) is 0 Å². The summed E-state index contributed by atoms with van der Waals surface area (Å²) < 4.78 is 13.3. The quantitative estimate of drug-likeness (QED) is 0.651. The molecule has 1 nitrogen and oxygen atoms in total. The first kappa shape index (κ1) is 14.6. The minimum atomic E-state index is -0.426. The summed E-state index contributed by atoms with van der Waals surface area (Å²) in [5.74, 6) is -0.426. The molecule has 0 amide bonds. The van der Waals surface area contributed by atoms with Crippen molar-refractivity contribution in [3.63, 3.8) is 0 Å². The third-order valence-corrected chi connectivity index (χ3v) is 3.89. The SMILES string of the molecule is Nc1ccc(Cc2ccccc2)cc1-c1ccc(F)c(Cl)c1. The molecule has 0 radical (unpaired) electrons. The number of hydrogen-bond acceptors (Lipinski definition) is 1. The van der Waals surface area contributed by atoms with Gasteiger partial charge in [0.15, 0.2) is 0 Å². The predicted octanol–water partition coefficient (Wildman–Crippen LogP) is 5.32. The van der Waals surface area contributed by atoms with Crippen molar-refractivity contribution in [3.8, 4) is 11.1 Å². The minimum absolute atomic E-state index is 0.102. The Bertz CT molecular complexity index is 800. The lowest BCUT2D eigenvalue weighted by Crippen LogP contribution is -1.94. The standard InChI is InChI=1S/C19H15ClFN/c20-17-12-15(7-8-18(17)21)16-11-14(6-9-19(16)22)10-13-4-2-1-3-5-13/h1-9,11-12H,10,22H2. The van der Waals surface area contributed by atoms with E-state index < -0.39 is 5.82 Å². The van der Waals surface area contributed by atoms with Gasteiger partial charge in [0, 0.05) is 11.3 Å². The fourth-order valence-corrected chi connectivity index (χ4v) is 2.64. The number of halogens is 2. The molecule has 0 aromatic heterocycles. The van der Waals surface area contributed by atoms with Crippen molar-refractivity contribution >= 4 is 17.3 Å². The molecule has 0 fully saturated rings. The zero-order valence-electron chi connectivity index (χ0n) is 11.9. The maximum atomic E-state index is 13.3. The topological polar surface area (TPSA) is 26.0 Å². The average molecular weight is 312 g/mol. The lowest BCUT2D eigenvalue weighted by molar-refractivity contribution is 0.628. The average Bonchev–Trinajstić information content (AvgIpc) is 2.53. The first-order valence-electron chi connectivity index (χ1n) is 7.01. The fourth-order valence-electron chi connectivity index (χ4n) is 2.46. The van der Waals surface area contributed by atoms with Crippen molar-refractivity contribution in [1.82, 2.24) is 0 Å². The Morgan fingerprint density at radius 2 is 1.64 bits per heavy atom. The molecule has 2 N–H and O–H groups in total. The Labute approximate surface area is 134 Å². The van der Waals surface area contributed by atoms with E-state index in [0.29, 0.717) is 5.69 Å². The first-order valence-corrected chi connectivity index (χ1v) is 7.39. The Morgan fingerprint density at radius 3 is 2.36 bits per heavy atom. The molecule has 3 aromatic rings. The molecule has 3 aromatic carbocycles. The first-order chi connectivity index (χ1) is 10.6. The van der Waals surface area contributed by atoms with E-state index in [1.165, 1.54) is 11.6 Å². The van der Waals surface area contributed by atoms with Crippen molar-refractivity contribution in [3.05, 3.63) is 88.7 Å². The van der Waals surface area contributed by atoms with E-state index in [-0.39, 0.29) is 5.02 Å². The second-order valence-electron chi connectivity index (χ2n) is 5.21. The van der Waals surface area contributed by atoms with Crippen LogP contribution < -0.4 is 5.73 Å². The van der Waals surface area contributed by atoms with Gasteiger partial charge in [-0.25, -0.2) is 4.39 Å². The Hall–Kier alpha value is -2.32. The molecule has 0 heterocycles. The molecule has 22 heavy (non-hydrogen) atoms. The molecular weight excluding hydrogens is 297 g/mol. The van der Waals surface area contributed by atoms with Gasteiger partial charge in [0.2, 0.25) is 0 Å². The van der Waals surface area contributed by atoms with E-state index in [0.717, 1.165) is 23.1 Å². The summed E-state index contributed by atoms with van der Waals surface area (Å²) in [5.41, 5.74) is 10.8. The second-order valence-corrected chi connectivity index (χ2v) is 5.62. The lowest BCUT2D eigenvalue weighted by atomic mass is 9.97. The zero-order chi connectivity index (χ0) is 15.5. The summed E-state index contributed by atoms with van der Waals surface area (Å²) in [7, 11) is 0. The van der Waals surface area contributed by atoms with Crippen LogP contribution in [0.1, 0.15) is 11.1 Å². The van der Waals surface area contributed by atoms with Crippen LogP contribution in [0.25, 0.3) is 11.1 Å². The number of benzene rings is 3. The maximum absolute atomic E-state index is 13.3. The normalized spacial score (nSPS) is 10.6. The maximum Gasteiger partial charge on any atom is 0.141 e. The van der Waals surface area contributed by atoms with E-state index in [4.69, 9.17) is 17.3 Å². The summed E-state index contributed by atoms with van der Waals surface area (Å²) >= 11 is 5.87. The smallest absolute Gasteiger partial charge is 0.141 e. The monoisotopic (exact) mass is 311 g/mol. The zero-order valence-corrected chi connectivity index (χ0v) is 12.6. The Kier molecular flexibility index (Phi) is 4.12. The highest BCUT2D eigenvalue weighted by atomic mass is 35.5. The molecule has 0 atom stereocenters. The molecular formula is C19H15ClFN. The van der Waals surface area contributed by atoms with Gasteiger partial charge in [0.1, 0.15) is 5.82 Å². The van der Waals surface area contributed by atoms with Gasteiger partial charge in [-0.3, -0.25) is 0 Å². The highest BCUT2D eigenvalue weighted by molar-refractivity contribution is 6.31. The molecule has 0 aliphatic rings. The third-order valence-electron chi connectivity index (χ3n) is 3.60. The third kappa shape index (κ3) is 3.12. The van der Waals surface area contributed by atoms with Gasteiger partial charge in [0.25, 0.3) is 0 Å². The summed E-state index contributed by atoms with van der Waals surface area (Å²) in [6, 6.07) is 20.8. The van der Waals surface area contributed by atoms with Crippen LogP contribution >= 0.6 is 11.6 Å². The summed E-state index contributed by atoms with van der Waals surface area (Å²) in [6.45, 7) is 0.